The molecule has 2 heterocycles. The van der Waals surface area contributed by atoms with Crippen LogP contribution in [0, 0.1) is 5.92 Å². The average Bonchev–Trinajstić information content (AvgIpc) is 3.07. The van der Waals surface area contributed by atoms with Gasteiger partial charge in [0, 0.05) is 26.1 Å². The number of hydrogen-bond acceptors (Lipinski definition) is 4. The molecule has 1 fully saturated rings. The fourth-order valence-corrected chi connectivity index (χ4v) is 2.61. The summed E-state index contributed by atoms with van der Waals surface area (Å²) in [7, 11) is 3.88. The van der Waals surface area contributed by atoms with E-state index in [0.29, 0.717) is 26.1 Å². The van der Waals surface area contributed by atoms with E-state index in [1.807, 2.05) is 38.1 Å². The fourth-order valence-electron chi connectivity index (χ4n) is 2.61. The van der Waals surface area contributed by atoms with E-state index >= 15 is 0 Å². The summed E-state index contributed by atoms with van der Waals surface area (Å²) in [6, 6.07) is 3.72. The molecule has 0 bridgehead atoms. The second-order valence-corrected chi connectivity index (χ2v) is 5.57. The van der Waals surface area contributed by atoms with Gasteiger partial charge in [0.15, 0.2) is 0 Å². The summed E-state index contributed by atoms with van der Waals surface area (Å²) in [5, 5.41) is 2.94. The Balaban J connectivity index is 1.90. The average molecular weight is 293 g/mol. The SMILES string of the molecule is CCN1C[C@@H](C(=O)NC[C@@H](c2ccco2)N(C)C)CC1=O. The molecular weight excluding hydrogens is 270 g/mol. The van der Waals surface area contributed by atoms with Crippen molar-refractivity contribution >= 4 is 11.8 Å². The van der Waals surface area contributed by atoms with Gasteiger partial charge in [0.2, 0.25) is 11.8 Å². The van der Waals surface area contributed by atoms with Gasteiger partial charge in [-0.2, -0.15) is 0 Å². The van der Waals surface area contributed by atoms with Gasteiger partial charge in [-0.25, -0.2) is 0 Å². The molecule has 2 atom stereocenters. The number of hydrogen-bond donors (Lipinski definition) is 1. The number of likely N-dealkylation sites (tertiary alicyclic amines) is 1. The van der Waals surface area contributed by atoms with Crippen LogP contribution in [-0.2, 0) is 9.59 Å². The van der Waals surface area contributed by atoms with Crippen LogP contribution < -0.4 is 5.32 Å². The molecule has 21 heavy (non-hydrogen) atoms. The molecule has 1 N–H and O–H groups in total. The summed E-state index contributed by atoms with van der Waals surface area (Å²) in [6.45, 7) is 3.58. The molecule has 1 aliphatic rings. The summed E-state index contributed by atoms with van der Waals surface area (Å²) >= 11 is 0. The van der Waals surface area contributed by atoms with Crippen molar-refractivity contribution in [2.24, 2.45) is 5.92 Å². The van der Waals surface area contributed by atoms with Crippen molar-refractivity contribution < 1.29 is 14.0 Å². The van der Waals surface area contributed by atoms with E-state index in [0.717, 1.165) is 5.76 Å². The van der Waals surface area contributed by atoms with Gasteiger partial charge in [-0.05, 0) is 33.2 Å². The lowest BCUT2D eigenvalue weighted by Crippen LogP contribution is -2.38. The first-order valence-electron chi connectivity index (χ1n) is 7.28. The zero-order chi connectivity index (χ0) is 15.4. The molecule has 6 nitrogen and oxygen atoms in total. The van der Waals surface area contributed by atoms with Crippen LogP contribution in [0.5, 0.6) is 0 Å². The first-order valence-corrected chi connectivity index (χ1v) is 7.28. The predicted octanol–water partition coefficient (Wildman–Crippen LogP) is 0.867. The first kappa shape index (κ1) is 15.6. The molecule has 1 aliphatic heterocycles. The minimum atomic E-state index is -0.239. The van der Waals surface area contributed by atoms with Crippen molar-refractivity contribution in [3.63, 3.8) is 0 Å². The highest BCUT2D eigenvalue weighted by atomic mass is 16.3. The van der Waals surface area contributed by atoms with Crippen LogP contribution >= 0.6 is 0 Å². The number of furan rings is 1. The number of nitrogens with zero attached hydrogens (tertiary/aromatic N) is 2. The number of amides is 2. The highest BCUT2D eigenvalue weighted by Crippen LogP contribution is 2.20. The zero-order valence-corrected chi connectivity index (χ0v) is 12.8. The molecule has 0 aromatic carbocycles. The Morgan fingerprint density at radius 2 is 2.33 bits per heavy atom. The van der Waals surface area contributed by atoms with E-state index in [9.17, 15) is 9.59 Å². The molecule has 2 amide bonds. The number of carbonyl (C=O) groups excluding carboxylic acids is 2. The van der Waals surface area contributed by atoms with Crippen molar-refractivity contribution in [1.82, 2.24) is 15.1 Å². The van der Waals surface area contributed by atoms with Gasteiger partial charge in [0.05, 0.1) is 18.2 Å². The quantitative estimate of drug-likeness (QED) is 0.845. The largest absolute Gasteiger partial charge is 0.468 e. The minimum Gasteiger partial charge on any atom is -0.468 e. The third kappa shape index (κ3) is 3.64. The highest BCUT2D eigenvalue weighted by Gasteiger charge is 2.33. The third-order valence-corrected chi connectivity index (χ3v) is 3.93. The Bertz CT molecular complexity index is 484. The van der Waals surface area contributed by atoms with Crippen molar-refractivity contribution in [2.75, 3.05) is 33.7 Å². The molecule has 6 heteroatoms. The van der Waals surface area contributed by atoms with Gasteiger partial charge in [-0.1, -0.05) is 0 Å². The van der Waals surface area contributed by atoms with Crippen LogP contribution in [0.3, 0.4) is 0 Å². The van der Waals surface area contributed by atoms with Gasteiger partial charge in [-0.3, -0.25) is 14.5 Å². The minimum absolute atomic E-state index is 0.0108. The molecule has 0 radical (unpaired) electrons. The van der Waals surface area contributed by atoms with E-state index in [-0.39, 0.29) is 23.8 Å². The molecule has 1 saturated heterocycles. The van der Waals surface area contributed by atoms with Gasteiger partial charge in [-0.15, -0.1) is 0 Å². The van der Waals surface area contributed by atoms with E-state index in [4.69, 9.17) is 4.42 Å². The van der Waals surface area contributed by atoms with Crippen molar-refractivity contribution in [1.29, 1.82) is 0 Å². The summed E-state index contributed by atoms with van der Waals surface area (Å²) in [4.78, 5) is 27.6. The summed E-state index contributed by atoms with van der Waals surface area (Å²) in [5.74, 6) is 0.584. The maximum atomic E-state index is 12.2. The van der Waals surface area contributed by atoms with E-state index in [1.54, 1.807) is 11.2 Å². The van der Waals surface area contributed by atoms with Crippen LogP contribution in [0.25, 0.3) is 0 Å². The number of likely N-dealkylation sites (N-methyl/N-ethyl adjacent to an activating group) is 1. The maximum Gasteiger partial charge on any atom is 0.225 e. The maximum absolute atomic E-state index is 12.2. The lowest BCUT2D eigenvalue weighted by molar-refractivity contribution is -0.128. The Morgan fingerprint density at radius 1 is 1.57 bits per heavy atom. The third-order valence-electron chi connectivity index (χ3n) is 3.93. The molecule has 0 spiro atoms. The van der Waals surface area contributed by atoms with Crippen LogP contribution in [0.4, 0.5) is 0 Å². The monoisotopic (exact) mass is 293 g/mol. The lowest BCUT2D eigenvalue weighted by atomic mass is 10.1. The molecule has 0 aliphatic carbocycles. The first-order chi connectivity index (χ1) is 10.0. The van der Waals surface area contributed by atoms with Crippen LogP contribution in [0.2, 0.25) is 0 Å². The van der Waals surface area contributed by atoms with Gasteiger partial charge < -0.3 is 14.6 Å². The Kier molecular flexibility index (Phi) is 5.01. The molecule has 1 aromatic rings. The molecule has 0 unspecified atom stereocenters. The van der Waals surface area contributed by atoms with E-state index < -0.39 is 0 Å². The van der Waals surface area contributed by atoms with Crippen molar-refractivity contribution in [3.8, 4) is 0 Å². The normalized spacial score (nSPS) is 20.1. The van der Waals surface area contributed by atoms with Crippen LogP contribution in [0.15, 0.2) is 22.8 Å². The Hall–Kier alpha value is -1.82. The van der Waals surface area contributed by atoms with E-state index in [2.05, 4.69) is 5.32 Å². The summed E-state index contributed by atoms with van der Waals surface area (Å²) in [5.41, 5.74) is 0. The highest BCUT2D eigenvalue weighted by molar-refractivity contribution is 5.89. The van der Waals surface area contributed by atoms with Gasteiger partial charge in [0.1, 0.15) is 5.76 Å². The second-order valence-electron chi connectivity index (χ2n) is 5.57. The second kappa shape index (κ2) is 6.76. The van der Waals surface area contributed by atoms with Gasteiger partial charge >= 0.3 is 0 Å². The smallest absolute Gasteiger partial charge is 0.225 e. The summed E-state index contributed by atoms with van der Waals surface area (Å²) < 4.78 is 5.41. The predicted molar refractivity (Wildman–Crippen MR) is 78.5 cm³/mol. The number of carbonyl (C=O) groups is 2. The topological polar surface area (TPSA) is 65.8 Å². The Morgan fingerprint density at radius 3 is 2.86 bits per heavy atom. The molecule has 116 valence electrons. The zero-order valence-electron chi connectivity index (χ0n) is 12.8. The number of nitrogens with one attached hydrogen (secondary N) is 1. The van der Waals surface area contributed by atoms with Crippen molar-refractivity contribution in [3.05, 3.63) is 24.2 Å². The van der Waals surface area contributed by atoms with Gasteiger partial charge in [0.25, 0.3) is 0 Å². The molecule has 0 saturated carbocycles. The molecule has 2 rings (SSSR count). The Labute approximate surface area is 125 Å². The summed E-state index contributed by atoms with van der Waals surface area (Å²) in [6.07, 6.45) is 1.94. The van der Waals surface area contributed by atoms with Crippen molar-refractivity contribution in [2.45, 2.75) is 19.4 Å². The standard InChI is InChI=1S/C15H23N3O3/c1-4-18-10-11(8-14(18)19)15(20)16-9-12(17(2)3)13-6-5-7-21-13/h5-7,11-12H,4,8-10H2,1-3H3,(H,16,20)/t11-,12-/m0/s1. The molecular formula is C15H23N3O3. The number of rotatable bonds is 6. The fraction of sp³-hybridized carbons (Fsp3) is 0.600. The van der Waals surface area contributed by atoms with Crippen LogP contribution in [0.1, 0.15) is 25.1 Å². The molecule has 1 aromatic heterocycles. The lowest BCUT2D eigenvalue weighted by Gasteiger charge is -2.23. The van der Waals surface area contributed by atoms with E-state index in [1.165, 1.54) is 0 Å². The van der Waals surface area contributed by atoms with Crippen LogP contribution in [-0.4, -0.2) is 55.3 Å².